The van der Waals surface area contributed by atoms with Crippen LogP contribution in [0.3, 0.4) is 0 Å². The molecule has 2 rings (SSSR count). The highest BCUT2D eigenvalue weighted by Gasteiger charge is 2.36. The van der Waals surface area contributed by atoms with E-state index in [1.54, 1.807) is 0 Å². The largest absolute Gasteiger partial charge is 0.462 e. The molecule has 0 unspecified atom stereocenters. The van der Waals surface area contributed by atoms with Gasteiger partial charge >= 0.3 is 11.9 Å². The normalized spacial score (nSPS) is 19.5. The molecule has 0 bridgehead atoms. The van der Waals surface area contributed by atoms with E-state index in [1.807, 2.05) is 0 Å². The van der Waals surface area contributed by atoms with Crippen LogP contribution in [0.4, 0.5) is 0 Å². The summed E-state index contributed by atoms with van der Waals surface area (Å²) in [6, 6.07) is 0. The van der Waals surface area contributed by atoms with Crippen molar-refractivity contribution < 1.29 is 19.1 Å². The molecule has 26 heavy (non-hydrogen) atoms. The van der Waals surface area contributed by atoms with E-state index in [-0.39, 0.29) is 23.8 Å². The van der Waals surface area contributed by atoms with E-state index in [4.69, 9.17) is 9.47 Å². The molecule has 0 saturated heterocycles. The van der Waals surface area contributed by atoms with Crippen molar-refractivity contribution in [2.24, 2.45) is 11.8 Å². The van der Waals surface area contributed by atoms with Crippen molar-refractivity contribution in [2.45, 2.75) is 90.9 Å². The van der Waals surface area contributed by atoms with Crippen LogP contribution in [-0.2, 0) is 19.1 Å². The molecule has 0 amide bonds. The van der Waals surface area contributed by atoms with Gasteiger partial charge in [0, 0.05) is 0 Å². The molecule has 0 aromatic carbocycles. The van der Waals surface area contributed by atoms with Gasteiger partial charge in [-0.05, 0) is 50.4 Å². The van der Waals surface area contributed by atoms with Crippen molar-refractivity contribution in [3.05, 3.63) is 11.1 Å². The van der Waals surface area contributed by atoms with Crippen LogP contribution in [0.15, 0.2) is 11.1 Å². The van der Waals surface area contributed by atoms with Gasteiger partial charge in [0.1, 0.15) is 0 Å². The van der Waals surface area contributed by atoms with E-state index in [1.165, 1.54) is 0 Å². The average molecular weight is 365 g/mol. The van der Waals surface area contributed by atoms with Crippen LogP contribution in [0.5, 0.6) is 0 Å². The predicted molar refractivity (Wildman–Crippen MR) is 103 cm³/mol. The van der Waals surface area contributed by atoms with Gasteiger partial charge in [-0.1, -0.05) is 52.4 Å². The Labute approximate surface area is 158 Å². The van der Waals surface area contributed by atoms with E-state index in [9.17, 15) is 9.59 Å². The molecule has 4 heteroatoms. The summed E-state index contributed by atoms with van der Waals surface area (Å²) in [5, 5.41) is 0. The van der Waals surface area contributed by atoms with Gasteiger partial charge in [-0.2, -0.15) is 0 Å². The fourth-order valence-corrected chi connectivity index (χ4v) is 4.20. The van der Waals surface area contributed by atoms with Gasteiger partial charge in [0.25, 0.3) is 0 Å². The predicted octanol–water partition coefficient (Wildman–Crippen LogP) is 5.35. The molecular formula is C22H36O4. The van der Waals surface area contributed by atoms with E-state index in [0.29, 0.717) is 24.4 Å². The van der Waals surface area contributed by atoms with E-state index in [0.717, 1.165) is 77.0 Å². The zero-order valence-corrected chi connectivity index (χ0v) is 16.7. The lowest BCUT2D eigenvalue weighted by atomic mass is 9.85. The van der Waals surface area contributed by atoms with Crippen LogP contribution < -0.4 is 0 Å². The zero-order chi connectivity index (χ0) is 18.8. The van der Waals surface area contributed by atoms with Gasteiger partial charge in [-0.15, -0.1) is 0 Å². The smallest absolute Gasteiger partial charge is 0.334 e. The Morgan fingerprint density at radius 1 is 0.692 bits per heavy atom. The maximum atomic E-state index is 12.9. The van der Waals surface area contributed by atoms with Gasteiger partial charge in [0.05, 0.1) is 24.4 Å². The van der Waals surface area contributed by atoms with Crippen LogP contribution in [0.1, 0.15) is 90.9 Å². The molecule has 0 aliphatic heterocycles. The number of esters is 2. The molecule has 2 fully saturated rings. The highest BCUT2D eigenvalue weighted by Crippen LogP contribution is 2.40. The van der Waals surface area contributed by atoms with Crippen molar-refractivity contribution in [1.29, 1.82) is 0 Å². The zero-order valence-electron chi connectivity index (χ0n) is 16.7. The minimum Gasteiger partial charge on any atom is -0.462 e. The van der Waals surface area contributed by atoms with Gasteiger partial charge < -0.3 is 9.47 Å². The van der Waals surface area contributed by atoms with Crippen molar-refractivity contribution in [2.75, 3.05) is 13.2 Å². The van der Waals surface area contributed by atoms with E-state index in [2.05, 4.69) is 13.8 Å². The number of hydrogen-bond acceptors (Lipinski definition) is 4. The minimum atomic E-state index is -0.264. The first kappa shape index (κ1) is 21.0. The second kappa shape index (κ2) is 11.4. The van der Waals surface area contributed by atoms with Crippen LogP contribution in [-0.4, -0.2) is 25.2 Å². The Kier molecular flexibility index (Phi) is 9.21. The average Bonchev–Trinajstić information content (AvgIpc) is 3.33. The highest BCUT2D eigenvalue weighted by atomic mass is 16.5. The SMILES string of the molecule is CCCCOC(=O)/C(=C(\C(=O)OCCCC)C1CCCC1)C1CCCC1. The molecular weight excluding hydrogens is 328 g/mol. The third-order valence-electron chi connectivity index (χ3n) is 5.72. The van der Waals surface area contributed by atoms with Crippen molar-refractivity contribution >= 4 is 11.9 Å². The Balaban J connectivity index is 2.29. The van der Waals surface area contributed by atoms with Gasteiger partial charge in [-0.3, -0.25) is 0 Å². The number of rotatable bonds is 10. The minimum absolute atomic E-state index is 0.165. The quantitative estimate of drug-likeness (QED) is 0.298. The summed E-state index contributed by atoms with van der Waals surface area (Å²) in [5.74, 6) is -0.198. The maximum absolute atomic E-state index is 12.9. The number of carbonyl (C=O) groups excluding carboxylic acids is 2. The molecule has 0 N–H and O–H groups in total. The first-order valence-electron chi connectivity index (χ1n) is 10.8. The van der Waals surface area contributed by atoms with Crippen molar-refractivity contribution in [3.63, 3.8) is 0 Å². The maximum Gasteiger partial charge on any atom is 0.334 e. The van der Waals surface area contributed by atoms with Gasteiger partial charge in [0.15, 0.2) is 0 Å². The summed E-state index contributed by atoms with van der Waals surface area (Å²) in [6.07, 6.45) is 12.1. The number of hydrogen-bond donors (Lipinski definition) is 0. The molecule has 2 aliphatic rings. The van der Waals surface area contributed by atoms with Crippen LogP contribution in [0.2, 0.25) is 0 Å². The summed E-state index contributed by atoms with van der Waals surface area (Å²) >= 11 is 0. The molecule has 2 aliphatic carbocycles. The third kappa shape index (κ3) is 5.85. The van der Waals surface area contributed by atoms with E-state index >= 15 is 0 Å². The van der Waals surface area contributed by atoms with Crippen molar-refractivity contribution in [3.8, 4) is 0 Å². The van der Waals surface area contributed by atoms with Crippen LogP contribution in [0, 0.1) is 11.8 Å². The fraction of sp³-hybridized carbons (Fsp3) is 0.818. The molecule has 0 atom stereocenters. The number of carbonyl (C=O) groups is 2. The summed E-state index contributed by atoms with van der Waals surface area (Å²) in [6.45, 7) is 5.04. The summed E-state index contributed by atoms with van der Waals surface area (Å²) in [5.41, 5.74) is 1.32. The molecule has 4 nitrogen and oxygen atoms in total. The monoisotopic (exact) mass is 364 g/mol. The number of ether oxygens (including phenoxy) is 2. The molecule has 0 aromatic heterocycles. The first-order valence-corrected chi connectivity index (χ1v) is 10.8. The molecule has 2 saturated carbocycles. The standard InChI is InChI=1S/C22H36O4/c1-3-5-15-25-21(23)19(17-11-7-8-12-17)20(18-13-9-10-14-18)22(24)26-16-6-4-2/h17-18H,3-16H2,1-2H3/b20-19-. The summed E-state index contributed by atoms with van der Waals surface area (Å²) < 4.78 is 11.1. The Morgan fingerprint density at radius 3 is 1.35 bits per heavy atom. The summed E-state index contributed by atoms with van der Waals surface area (Å²) in [4.78, 5) is 25.9. The van der Waals surface area contributed by atoms with Crippen LogP contribution >= 0.6 is 0 Å². The topological polar surface area (TPSA) is 52.6 Å². The second-order valence-corrected chi connectivity index (χ2v) is 7.77. The fourth-order valence-electron chi connectivity index (χ4n) is 4.20. The van der Waals surface area contributed by atoms with Crippen molar-refractivity contribution in [1.82, 2.24) is 0 Å². The Morgan fingerprint density at radius 2 is 1.04 bits per heavy atom. The van der Waals surface area contributed by atoms with E-state index < -0.39 is 0 Å². The molecule has 148 valence electrons. The molecule has 0 radical (unpaired) electrons. The van der Waals surface area contributed by atoms with Gasteiger partial charge in [0.2, 0.25) is 0 Å². The molecule has 0 aromatic rings. The third-order valence-corrected chi connectivity index (χ3v) is 5.72. The Hall–Kier alpha value is -1.32. The molecule has 0 heterocycles. The lowest BCUT2D eigenvalue weighted by molar-refractivity contribution is -0.143. The second-order valence-electron chi connectivity index (χ2n) is 7.77. The Bertz CT molecular complexity index is 438. The van der Waals surface area contributed by atoms with Gasteiger partial charge in [-0.25, -0.2) is 9.59 Å². The molecule has 0 spiro atoms. The number of unbranched alkanes of at least 4 members (excludes halogenated alkanes) is 2. The first-order chi connectivity index (χ1) is 12.7. The highest BCUT2D eigenvalue weighted by molar-refractivity contribution is 6.01. The lowest BCUT2D eigenvalue weighted by Crippen LogP contribution is -2.25. The van der Waals surface area contributed by atoms with Crippen LogP contribution in [0.25, 0.3) is 0 Å². The summed E-state index contributed by atoms with van der Waals surface area (Å²) in [7, 11) is 0. The lowest BCUT2D eigenvalue weighted by Gasteiger charge is -2.22.